The van der Waals surface area contributed by atoms with Crippen molar-refractivity contribution >= 4 is 9.84 Å². The Morgan fingerprint density at radius 2 is 1.42 bits per heavy atom. The summed E-state index contributed by atoms with van der Waals surface area (Å²) in [6.07, 6.45) is 5.21. The molecule has 1 rings (SSSR count). The van der Waals surface area contributed by atoms with Gasteiger partial charge in [0.05, 0.1) is 0 Å². The molecule has 1 aromatic rings. The molecule has 0 fully saturated rings. The van der Waals surface area contributed by atoms with E-state index in [1.807, 2.05) is 0 Å². The second-order valence-corrected chi connectivity index (χ2v) is 4.66. The average Bonchev–Trinajstić information content (AvgIpc) is 1.85. The van der Waals surface area contributed by atoms with Gasteiger partial charge in [-0.05, 0) is 0 Å². The van der Waals surface area contributed by atoms with E-state index in [1.54, 1.807) is 18.2 Å². The first kappa shape index (κ1) is 10.9. The van der Waals surface area contributed by atoms with Crippen molar-refractivity contribution in [1.29, 1.82) is 0 Å². The fourth-order valence-electron chi connectivity index (χ4n) is 0.383. The first-order valence-electron chi connectivity index (χ1n) is 3.18. The van der Waals surface area contributed by atoms with Crippen LogP contribution in [0.15, 0.2) is 30.6 Å². The summed E-state index contributed by atoms with van der Waals surface area (Å²) in [7, 11) is -2.67. The molecule has 0 aliphatic carbocycles. The quantitative estimate of drug-likeness (QED) is 0.425. The maximum Gasteiger partial charge on any atom is 0.180 e. The number of hydrogen-bond donors (Lipinski definition) is 0. The van der Waals surface area contributed by atoms with Crippen LogP contribution in [0, 0.1) is 5.21 Å². The SMILES string of the molecule is CS(C)(=O)=O.[O-][n+]1ccccc1. The van der Waals surface area contributed by atoms with Crippen molar-refractivity contribution < 1.29 is 13.1 Å². The topological polar surface area (TPSA) is 61.1 Å². The Kier molecular flexibility index (Phi) is 4.28. The van der Waals surface area contributed by atoms with Gasteiger partial charge in [0, 0.05) is 24.6 Å². The first-order valence-corrected chi connectivity index (χ1v) is 5.48. The van der Waals surface area contributed by atoms with E-state index in [-0.39, 0.29) is 0 Å². The standard InChI is InChI=1S/C5H5NO.C2H6O2S/c7-6-4-2-1-3-5-6;1-5(2,3)4/h1-5H;1-2H3. The molecule has 0 unspecified atom stereocenters. The van der Waals surface area contributed by atoms with E-state index in [0.717, 1.165) is 17.2 Å². The van der Waals surface area contributed by atoms with E-state index in [9.17, 15) is 13.6 Å². The molecule has 1 aromatic heterocycles. The zero-order valence-corrected chi connectivity index (χ0v) is 7.78. The van der Waals surface area contributed by atoms with Gasteiger partial charge in [0.2, 0.25) is 0 Å². The van der Waals surface area contributed by atoms with Crippen molar-refractivity contribution in [2.75, 3.05) is 12.5 Å². The van der Waals surface area contributed by atoms with Gasteiger partial charge in [-0.3, -0.25) is 0 Å². The van der Waals surface area contributed by atoms with Crippen molar-refractivity contribution in [2.24, 2.45) is 0 Å². The monoisotopic (exact) mass is 189 g/mol. The summed E-state index contributed by atoms with van der Waals surface area (Å²) in [6, 6.07) is 5.18. The lowest BCUT2D eigenvalue weighted by Gasteiger charge is -1.88. The number of aromatic nitrogens is 1. The van der Waals surface area contributed by atoms with Crippen molar-refractivity contribution in [3.63, 3.8) is 0 Å². The number of nitrogens with zero attached hydrogens (tertiary/aromatic N) is 1. The molecule has 0 amide bonds. The molecule has 5 heteroatoms. The molecule has 1 heterocycles. The van der Waals surface area contributed by atoms with Crippen LogP contribution in [0.5, 0.6) is 0 Å². The van der Waals surface area contributed by atoms with Crippen LogP contribution in [0.2, 0.25) is 0 Å². The second-order valence-electron chi connectivity index (χ2n) is 2.38. The maximum atomic E-state index is 10.2. The Bertz CT molecular complexity index is 299. The third-order valence-corrected chi connectivity index (χ3v) is 0.688. The zero-order valence-electron chi connectivity index (χ0n) is 6.97. The number of sulfone groups is 1. The van der Waals surface area contributed by atoms with Crippen molar-refractivity contribution in [3.8, 4) is 0 Å². The molecule has 0 aliphatic heterocycles. The molecular weight excluding hydrogens is 178 g/mol. The lowest BCUT2D eigenvalue weighted by Crippen LogP contribution is -2.22. The van der Waals surface area contributed by atoms with E-state index in [1.165, 1.54) is 12.4 Å². The molecule has 0 radical (unpaired) electrons. The van der Waals surface area contributed by atoms with Crippen molar-refractivity contribution in [3.05, 3.63) is 35.8 Å². The molecule has 0 aromatic carbocycles. The molecule has 0 atom stereocenters. The normalized spacial score (nSPS) is 9.83. The molecule has 4 nitrogen and oxygen atoms in total. The Balaban J connectivity index is 0.000000217. The summed E-state index contributed by atoms with van der Waals surface area (Å²) >= 11 is 0. The lowest BCUT2D eigenvalue weighted by molar-refractivity contribution is -0.605. The Morgan fingerprint density at radius 1 is 1.08 bits per heavy atom. The number of hydrogen-bond acceptors (Lipinski definition) is 3. The van der Waals surface area contributed by atoms with Crippen LogP contribution in [0.4, 0.5) is 0 Å². The summed E-state index contributed by atoms with van der Waals surface area (Å²) in [6.45, 7) is 0. The van der Waals surface area contributed by atoms with Crippen LogP contribution in [-0.2, 0) is 9.84 Å². The predicted molar refractivity (Wildman–Crippen MR) is 46.2 cm³/mol. The maximum absolute atomic E-state index is 10.2. The molecule has 0 N–H and O–H groups in total. The number of pyridine rings is 1. The van der Waals surface area contributed by atoms with E-state index in [2.05, 4.69) is 0 Å². The van der Waals surface area contributed by atoms with Crippen molar-refractivity contribution in [1.82, 2.24) is 0 Å². The summed E-state index contributed by atoms with van der Waals surface area (Å²) in [5.41, 5.74) is 0. The zero-order chi connectivity index (χ0) is 9.61. The fourth-order valence-corrected chi connectivity index (χ4v) is 0.383. The van der Waals surface area contributed by atoms with Gasteiger partial charge in [-0.25, -0.2) is 8.42 Å². The smallest absolute Gasteiger partial charge is 0.180 e. The highest BCUT2D eigenvalue weighted by molar-refractivity contribution is 7.89. The first-order chi connectivity index (χ1) is 5.39. The van der Waals surface area contributed by atoms with Crippen LogP contribution < -0.4 is 4.73 Å². The Labute approximate surface area is 72.0 Å². The van der Waals surface area contributed by atoms with Crippen LogP contribution in [0.1, 0.15) is 0 Å². The van der Waals surface area contributed by atoms with E-state index >= 15 is 0 Å². The van der Waals surface area contributed by atoms with Gasteiger partial charge in [-0.15, -0.1) is 0 Å². The molecule has 68 valence electrons. The van der Waals surface area contributed by atoms with E-state index in [0.29, 0.717) is 0 Å². The molecule has 0 aliphatic rings. The van der Waals surface area contributed by atoms with Crippen LogP contribution in [0.25, 0.3) is 0 Å². The van der Waals surface area contributed by atoms with Gasteiger partial charge in [0.25, 0.3) is 0 Å². The summed E-state index contributed by atoms with van der Waals surface area (Å²) in [4.78, 5) is 0. The highest BCUT2D eigenvalue weighted by Gasteiger charge is 1.79. The highest BCUT2D eigenvalue weighted by atomic mass is 32.2. The van der Waals surface area contributed by atoms with Gasteiger partial charge in [0.15, 0.2) is 12.4 Å². The average molecular weight is 189 g/mol. The minimum Gasteiger partial charge on any atom is -0.619 e. The largest absolute Gasteiger partial charge is 0.619 e. The van der Waals surface area contributed by atoms with E-state index in [4.69, 9.17) is 0 Å². The molecule has 0 saturated carbocycles. The summed E-state index contributed by atoms with van der Waals surface area (Å²) < 4.78 is 20.0. The van der Waals surface area contributed by atoms with E-state index < -0.39 is 9.84 Å². The van der Waals surface area contributed by atoms with Gasteiger partial charge in [-0.2, -0.15) is 4.73 Å². The van der Waals surface area contributed by atoms with Crippen LogP contribution >= 0.6 is 0 Å². The second kappa shape index (κ2) is 4.71. The molecule has 0 bridgehead atoms. The molecule has 0 saturated heterocycles. The third-order valence-electron chi connectivity index (χ3n) is 0.688. The minimum atomic E-state index is -2.67. The molecule has 12 heavy (non-hydrogen) atoms. The number of rotatable bonds is 0. The van der Waals surface area contributed by atoms with Crippen LogP contribution in [0.3, 0.4) is 0 Å². The van der Waals surface area contributed by atoms with Gasteiger partial charge >= 0.3 is 0 Å². The minimum absolute atomic E-state index is 0.750. The molecule has 0 spiro atoms. The Morgan fingerprint density at radius 3 is 1.58 bits per heavy atom. The lowest BCUT2D eigenvalue weighted by atomic mass is 10.5. The predicted octanol–water partition coefficient (Wildman–Crippen LogP) is -0.0192. The molecular formula is C7H11NO3S. The van der Waals surface area contributed by atoms with Gasteiger partial charge in [-0.1, -0.05) is 6.07 Å². The van der Waals surface area contributed by atoms with Gasteiger partial charge < -0.3 is 5.21 Å². The van der Waals surface area contributed by atoms with Crippen LogP contribution in [-0.4, -0.2) is 20.9 Å². The van der Waals surface area contributed by atoms with Crippen molar-refractivity contribution in [2.45, 2.75) is 0 Å². The highest BCUT2D eigenvalue weighted by Crippen LogP contribution is 1.72. The Hall–Kier alpha value is -1.10. The fraction of sp³-hybridized carbons (Fsp3) is 0.286. The summed E-state index contributed by atoms with van der Waals surface area (Å²) in [5.74, 6) is 0. The summed E-state index contributed by atoms with van der Waals surface area (Å²) in [5, 5.41) is 10.2. The third kappa shape index (κ3) is 11.7. The van der Waals surface area contributed by atoms with Gasteiger partial charge in [0.1, 0.15) is 9.84 Å².